The zero-order valence-electron chi connectivity index (χ0n) is 17.3. The predicted molar refractivity (Wildman–Crippen MR) is 107 cm³/mol. The van der Waals surface area contributed by atoms with Gasteiger partial charge in [-0.25, -0.2) is 9.36 Å². The maximum absolute atomic E-state index is 11.5. The van der Waals surface area contributed by atoms with E-state index >= 15 is 0 Å². The Balaban J connectivity index is 5.31. The van der Waals surface area contributed by atoms with Crippen molar-refractivity contribution in [1.29, 1.82) is 0 Å². The van der Waals surface area contributed by atoms with Gasteiger partial charge in [0.25, 0.3) is 0 Å². The lowest BCUT2D eigenvalue weighted by atomic mass is 10.1. The van der Waals surface area contributed by atoms with Crippen molar-refractivity contribution in [3.05, 3.63) is 12.7 Å². The van der Waals surface area contributed by atoms with Crippen molar-refractivity contribution in [2.24, 2.45) is 0 Å². The van der Waals surface area contributed by atoms with Crippen molar-refractivity contribution in [2.75, 3.05) is 32.8 Å². The molecule has 0 spiro atoms. The number of quaternary nitrogens is 1. The molecule has 0 saturated heterocycles. The Morgan fingerprint density at radius 1 is 1.07 bits per heavy atom. The molecule has 0 heterocycles. The normalized spacial score (nSPS) is 13.4. The second-order valence-electron chi connectivity index (χ2n) is 7.13. The molecule has 8 heteroatoms. The quantitative estimate of drug-likeness (QED) is 0.165. The molecule has 1 atom stereocenters. The Labute approximate surface area is 164 Å². The van der Waals surface area contributed by atoms with E-state index in [1.54, 1.807) is 0 Å². The number of phosphoric acid groups is 1. The number of nitrogens with zero attached hydrogens (tertiary/aromatic N) is 1. The van der Waals surface area contributed by atoms with Crippen molar-refractivity contribution >= 4 is 13.8 Å². The fourth-order valence-electron chi connectivity index (χ4n) is 3.24. The minimum absolute atomic E-state index is 0.0465. The number of hydrogen-bond donors (Lipinski definition) is 2. The van der Waals surface area contributed by atoms with Crippen LogP contribution in [0.2, 0.25) is 0 Å². The number of rotatable bonds is 17. The number of hydrogen-bond acceptors (Lipinski definition) is 4. The van der Waals surface area contributed by atoms with Gasteiger partial charge in [-0.3, -0.25) is 4.52 Å². The highest BCUT2D eigenvalue weighted by atomic mass is 31.2. The molecule has 2 N–H and O–H groups in total. The van der Waals surface area contributed by atoms with Crippen LogP contribution < -0.4 is 0 Å². The molecule has 0 aromatic carbocycles. The summed E-state index contributed by atoms with van der Waals surface area (Å²) in [5.41, 5.74) is 0. The summed E-state index contributed by atoms with van der Waals surface area (Å²) in [4.78, 5) is 29.9. The van der Waals surface area contributed by atoms with Crippen molar-refractivity contribution in [2.45, 2.75) is 71.8 Å². The van der Waals surface area contributed by atoms with Gasteiger partial charge in [-0.15, -0.1) is 0 Å². The Bertz CT molecular complexity index is 443. The lowest BCUT2D eigenvalue weighted by Gasteiger charge is -2.41. The van der Waals surface area contributed by atoms with Gasteiger partial charge in [0.2, 0.25) is 0 Å². The second kappa shape index (κ2) is 14.3. The molecule has 27 heavy (non-hydrogen) atoms. The minimum atomic E-state index is -4.63. The molecule has 0 aliphatic carbocycles. The van der Waals surface area contributed by atoms with Crippen LogP contribution in [0, 0.1) is 0 Å². The summed E-state index contributed by atoms with van der Waals surface area (Å²) in [5, 5.41) is 0. The lowest BCUT2D eigenvalue weighted by Crippen LogP contribution is -2.54. The topological polar surface area (TPSA) is 93.1 Å². The highest BCUT2D eigenvalue weighted by Crippen LogP contribution is 2.39. The molecule has 0 bridgehead atoms. The molecule has 0 saturated carbocycles. The third-order valence-corrected chi connectivity index (χ3v) is 5.26. The molecule has 0 aliphatic heterocycles. The molecule has 0 fully saturated rings. The molecular formula is C19H39NO6P+. The van der Waals surface area contributed by atoms with Gasteiger partial charge in [0.05, 0.1) is 26.2 Å². The van der Waals surface area contributed by atoms with Crippen molar-refractivity contribution in [3.63, 3.8) is 0 Å². The fraction of sp³-hybridized carbons (Fsp3) is 0.842. The van der Waals surface area contributed by atoms with E-state index in [0.717, 1.165) is 68.7 Å². The number of phosphoric ester groups is 1. The van der Waals surface area contributed by atoms with Crippen LogP contribution in [0.1, 0.15) is 65.7 Å². The monoisotopic (exact) mass is 408 g/mol. The third kappa shape index (κ3) is 13.1. The Hall–Kier alpha value is -0.720. The van der Waals surface area contributed by atoms with Crippen LogP contribution in [0.15, 0.2) is 12.7 Å². The largest absolute Gasteiger partial charge is 0.470 e. The molecule has 1 unspecified atom stereocenters. The van der Waals surface area contributed by atoms with Crippen molar-refractivity contribution in [3.8, 4) is 0 Å². The zero-order valence-corrected chi connectivity index (χ0v) is 18.2. The summed E-state index contributed by atoms with van der Waals surface area (Å²) in [6, 6.07) is 0. The van der Waals surface area contributed by atoms with E-state index in [9.17, 15) is 19.1 Å². The van der Waals surface area contributed by atoms with Crippen LogP contribution in [0.4, 0.5) is 0 Å². The van der Waals surface area contributed by atoms with Crippen LogP contribution in [-0.2, 0) is 18.6 Å². The van der Waals surface area contributed by atoms with Crippen LogP contribution in [-0.4, -0.2) is 59.1 Å². The van der Waals surface area contributed by atoms with Crippen LogP contribution >= 0.6 is 7.82 Å². The summed E-state index contributed by atoms with van der Waals surface area (Å²) >= 11 is 0. The Morgan fingerprint density at radius 3 is 1.93 bits per heavy atom. The molecule has 0 rings (SSSR count). The van der Waals surface area contributed by atoms with E-state index in [1.165, 1.54) is 0 Å². The van der Waals surface area contributed by atoms with Crippen LogP contribution in [0.25, 0.3) is 0 Å². The van der Waals surface area contributed by atoms with Crippen LogP contribution in [0.5, 0.6) is 0 Å². The predicted octanol–water partition coefficient (Wildman–Crippen LogP) is 3.80. The van der Waals surface area contributed by atoms with Gasteiger partial charge < -0.3 is 19.0 Å². The highest BCUT2D eigenvalue weighted by Gasteiger charge is 2.33. The zero-order chi connectivity index (χ0) is 20.8. The summed E-state index contributed by atoms with van der Waals surface area (Å²) in [6.45, 7) is 13.2. The van der Waals surface area contributed by atoms with Gasteiger partial charge in [0.15, 0.2) is 0 Å². The molecule has 0 radical (unpaired) electrons. The standard InChI is InChI=1S/C19H38NO6P/c1-5-9-13-20(14-10-6-2,15-11-7-3)17-18(26-27(22,23)24)12-16-25-19(21)8-4/h8,18H,4-7,9-17H2,1-3H3,(H-,22,23,24)/p+1. The van der Waals surface area contributed by atoms with E-state index in [2.05, 4.69) is 27.4 Å². The Morgan fingerprint density at radius 2 is 1.56 bits per heavy atom. The second-order valence-corrected chi connectivity index (χ2v) is 8.33. The maximum Gasteiger partial charge on any atom is 0.470 e. The van der Waals surface area contributed by atoms with Gasteiger partial charge in [-0.2, -0.15) is 0 Å². The number of carbonyl (C=O) groups excluding carboxylic acids is 1. The lowest BCUT2D eigenvalue weighted by molar-refractivity contribution is -0.931. The number of unbranched alkanes of at least 4 members (excludes halogenated alkanes) is 3. The van der Waals surface area contributed by atoms with Crippen molar-refractivity contribution in [1.82, 2.24) is 0 Å². The van der Waals surface area contributed by atoms with E-state index < -0.39 is 19.9 Å². The SMILES string of the molecule is C=CC(=O)OCCC(C[N+](CCCC)(CCCC)CCCC)OP(=O)(O)O. The number of carbonyl (C=O) groups is 1. The third-order valence-electron chi connectivity index (χ3n) is 4.69. The van der Waals surface area contributed by atoms with Gasteiger partial charge in [-0.1, -0.05) is 46.6 Å². The smallest absolute Gasteiger partial charge is 0.462 e. The molecule has 7 nitrogen and oxygen atoms in total. The first kappa shape index (κ1) is 26.3. The minimum Gasteiger partial charge on any atom is -0.462 e. The number of esters is 1. The molecule has 0 amide bonds. The van der Waals surface area contributed by atoms with E-state index in [4.69, 9.17) is 9.26 Å². The van der Waals surface area contributed by atoms with E-state index in [0.29, 0.717) is 6.54 Å². The van der Waals surface area contributed by atoms with Crippen LogP contribution in [0.3, 0.4) is 0 Å². The first-order valence-electron chi connectivity index (χ1n) is 10.1. The van der Waals surface area contributed by atoms with Gasteiger partial charge >= 0.3 is 13.8 Å². The average Bonchev–Trinajstić information content (AvgIpc) is 2.61. The molecular weight excluding hydrogens is 369 g/mol. The van der Waals surface area contributed by atoms with Crippen molar-refractivity contribution < 1.29 is 32.9 Å². The summed E-state index contributed by atoms with van der Waals surface area (Å²) in [5.74, 6) is -0.548. The molecule has 0 aromatic rings. The number of ether oxygens (including phenoxy) is 1. The Kier molecular flexibility index (Phi) is 13.9. The average molecular weight is 408 g/mol. The van der Waals surface area contributed by atoms with Gasteiger partial charge in [0.1, 0.15) is 12.6 Å². The molecule has 0 aromatic heterocycles. The fourth-order valence-corrected chi connectivity index (χ4v) is 3.80. The van der Waals surface area contributed by atoms with E-state index in [1.807, 2.05) is 0 Å². The summed E-state index contributed by atoms with van der Waals surface area (Å²) < 4.78 is 22.3. The first-order chi connectivity index (χ1) is 12.7. The molecule has 160 valence electrons. The van der Waals surface area contributed by atoms with Gasteiger partial charge in [0, 0.05) is 12.5 Å². The summed E-state index contributed by atoms with van der Waals surface area (Å²) in [6.07, 6.45) is 7.02. The first-order valence-corrected chi connectivity index (χ1v) is 11.6. The molecule has 0 aliphatic rings. The highest BCUT2D eigenvalue weighted by molar-refractivity contribution is 7.46. The summed E-state index contributed by atoms with van der Waals surface area (Å²) in [7, 11) is -4.63. The maximum atomic E-state index is 11.5. The van der Waals surface area contributed by atoms with E-state index in [-0.39, 0.29) is 13.0 Å². The van der Waals surface area contributed by atoms with Gasteiger partial charge in [-0.05, 0) is 19.3 Å².